The van der Waals surface area contributed by atoms with Crippen LogP contribution in [0, 0.1) is 0 Å². The van der Waals surface area contributed by atoms with Gasteiger partial charge in [-0.3, -0.25) is 24.1 Å². The topological polar surface area (TPSA) is 177 Å². The molecule has 4 amide bonds. The third kappa shape index (κ3) is 8.21. The standard InChI is InChI=1S/C33H39N5O6/c1-33(2)38(32(43)25(34)17-23-13-15-24(39)16-14-23)28(20-44-33)31(42)37-27(19-22-11-7-4-8-12-22)30(41)36-26(29(35)40)18-21-9-5-3-6-10-21/h3-16,25-28,39H,17-20,34H2,1-2H3,(H2,35,40)(H,36,41)(H,37,42)/t25-,26+,27+,28?/m0/s1. The lowest BCUT2D eigenvalue weighted by molar-refractivity contribution is -0.151. The number of nitrogens with one attached hydrogen (secondary N) is 2. The first-order valence-corrected chi connectivity index (χ1v) is 14.4. The van der Waals surface area contributed by atoms with Crippen molar-refractivity contribution < 1.29 is 29.0 Å². The Balaban J connectivity index is 1.52. The fourth-order valence-electron chi connectivity index (χ4n) is 5.24. The van der Waals surface area contributed by atoms with E-state index in [0.717, 1.165) is 16.7 Å². The van der Waals surface area contributed by atoms with Crippen LogP contribution in [0.25, 0.3) is 0 Å². The molecule has 4 atom stereocenters. The highest BCUT2D eigenvalue weighted by atomic mass is 16.5. The van der Waals surface area contributed by atoms with E-state index in [2.05, 4.69) is 10.6 Å². The summed E-state index contributed by atoms with van der Waals surface area (Å²) in [6, 6.07) is 20.4. The number of aromatic hydroxyl groups is 1. The number of benzene rings is 3. The van der Waals surface area contributed by atoms with Crippen molar-refractivity contribution in [1.82, 2.24) is 15.5 Å². The summed E-state index contributed by atoms with van der Waals surface area (Å²) in [6.45, 7) is 3.23. The number of primary amides is 1. The number of nitrogens with two attached hydrogens (primary N) is 2. The van der Waals surface area contributed by atoms with Gasteiger partial charge in [-0.25, -0.2) is 0 Å². The molecule has 1 aliphatic rings. The molecule has 1 fully saturated rings. The number of amides is 4. The zero-order valence-corrected chi connectivity index (χ0v) is 24.8. The van der Waals surface area contributed by atoms with Gasteiger partial charge < -0.3 is 31.9 Å². The number of rotatable bonds is 12. The second-order valence-electron chi connectivity index (χ2n) is 11.4. The molecule has 3 aromatic rings. The van der Waals surface area contributed by atoms with E-state index in [1.54, 1.807) is 26.0 Å². The maximum absolute atomic E-state index is 13.8. The second-order valence-corrected chi connectivity index (χ2v) is 11.4. The molecule has 0 radical (unpaired) electrons. The predicted octanol–water partition coefficient (Wildman–Crippen LogP) is 1.17. The highest BCUT2D eigenvalue weighted by Crippen LogP contribution is 2.29. The molecule has 1 unspecified atom stereocenters. The number of nitrogens with zero attached hydrogens (tertiary/aromatic N) is 1. The van der Waals surface area contributed by atoms with Gasteiger partial charge in [-0.05, 0) is 49.1 Å². The molecule has 232 valence electrons. The fraction of sp³-hybridized carbons (Fsp3) is 0.333. The Kier molecular flexibility index (Phi) is 10.4. The van der Waals surface area contributed by atoms with Crippen LogP contribution in [0.2, 0.25) is 0 Å². The van der Waals surface area contributed by atoms with Gasteiger partial charge in [-0.2, -0.15) is 0 Å². The van der Waals surface area contributed by atoms with Crippen LogP contribution in [0.3, 0.4) is 0 Å². The van der Waals surface area contributed by atoms with Crippen LogP contribution in [0.1, 0.15) is 30.5 Å². The molecule has 1 heterocycles. The van der Waals surface area contributed by atoms with Crippen LogP contribution in [0.4, 0.5) is 0 Å². The van der Waals surface area contributed by atoms with E-state index in [9.17, 15) is 24.3 Å². The maximum Gasteiger partial charge on any atom is 0.245 e. The van der Waals surface area contributed by atoms with E-state index in [1.165, 1.54) is 17.0 Å². The largest absolute Gasteiger partial charge is 0.508 e. The molecule has 7 N–H and O–H groups in total. The van der Waals surface area contributed by atoms with Crippen LogP contribution in [-0.4, -0.2) is 70.1 Å². The van der Waals surface area contributed by atoms with Crippen LogP contribution < -0.4 is 22.1 Å². The van der Waals surface area contributed by atoms with Crippen molar-refractivity contribution in [3.63, 3.8) is 0 Å². The quantitative estimate of drug-likeness (QED) is 0.207. The lowest BCUT2D eigenvalue weighted by Gasteiger charge is -2.35. The number of hydrogen-bond acceptors (Lipinski definition) is 7. The molecule has 1 aliphatic heterocycles. The van der Waals surface area contributed by atoms with Crippen molar-refractivity contribution in [1.29, 1.82) is 0 Å². The van der Waals surface area contributed by atoms with Gasteiger partial charge in [0.1, 0.15) is 29.6 Å². The van der Waals surface area contributed by atoms with Crippen LogP contribution in [0.5, 0.6) is 5.75 Å². The number of carbonyl (C=O) groups excluding carboxylic acids is 4. The lowest BCUT2D eigenvalue weighted by atomic mass is 10.0. The van der Waals surface area contributed by atoms with Gasteiger partial charge in [-0.1, -0.05) is 72.8 Å². The molecule has 3 aromatic carbocycles. The van der Waals surface area contributed by atoms with Crippen molar-refractivity contribution in [3.8, 4) is 5.75 Å². The zero-order chi connectivity index (χ0) is 31.9. The first-order valence-electron chi connectivity index (χ1n) is 14.4. The van der Waals surface area contributed by atoms with E-state index < -0.39 is 53.5 Å². The minimum absolute atomic E-state index is 0.0933. The molecule has 0 spiro atoms. The van der Waals surface area contributed by atoms with Crippen LogP contribution in [-0.2, 0) is 43.2 Å². The predicted molar refractivity (Wildman–Crippen MR) is 164 cm³/mol. The number of phenols is 1. The van der Waals surface area contributed by atoms with E-state index in [4.69, 9.17) is 16.2 Å². The second kappa shape index (κ2) is 14.2. The summed E-state index contributed by atoms with van der Waals surface area (Å²) in [7, 11) is 0. The minimum Gasteiger partial charge on any atom is -0.508 e. The molecule has 44 heavy (non-hydrogen) atoms. The number of carbonyl (C=O) groups is 4. The summed E-state index contributed by atoms with van der Waals surface area (Å²) < 4.78 is 5.84. The van der Waals surface area contributed by atoms with E-state index >= 15 is 0 Å². The van der Waals surface area contributed by atoms with Gasteiger partial charge in [0, 0.05) is 12.8 Å². The van der Waals surface area contributed by atoms with Crippen molar-refractivity contribution in [3.05, 3.63) is 102 Å². The third-order valence-corrected chi connectivity index (χ3v) is 7.59. The summed E-state index contributed by atoms with van der Waals surface area (Å²) in [6.07, 6.45) is 0.481. The fourth-order valence-corrected chi connectivity index (χ4v) is 5.24. The van der Waals surface area contributed by atoms with Crippen LogP contribution >= 0.6 is 0 Å². The lowest BCUT2D eigenvalue weighted by Crippen LogP contribution is -2.61. The Bertz CT molecular complexity index is 1450. The number of phenolic OH excluding ortho intramolecular Hbond substituents is 1. The van der Waals surface area contributed by atoms with Crippen molar-refractivity contribution in [2.75, 3.05) is 6.61 Å². The third-order valence-electron chi connectivity index (χ3n) is 7.59. The summed E-state index contributed by atoms with van der Waals surface area (Å²) >= 11 is 0. The molecule has 0 aromatic heterocycles. The Morgan fingerprint density at radius 3 is 1.91 bits per heavy atom. The highest BCUT2D eigenvalue weighted by Gasteiger charge is 2.48. The van der Waals surface area contributed by atoms with Gasteiger partial charge in [0.05, 0.1) is 12.6 Å². The summed E-state index contributed by atoms with van der Waals surface area (Å²) in [5.74, 6) is -2.31. The van der Waals surface area contributed by atoms with Crippen molar-refractivity contribution in [2.45, 2.75) is 63.0 Å². The molecule has 1 saturated heterocycles. The molecule has 11 nitrogen and oxygen atoms in total. The Labute approximate surface area is 256 Å². The van der Waals surface area contributed by atoms with E-state index in [0.29, 0.717) is 0 Å². The SMILES string of the molecule is CC1(C)OCC(C(=O)N[C@H](Cc2ccccc2)C(=O)N[C@H](Cc2ccccc2)C(N)=O)N1C(=O)[C@@H](N)Cc1ccc(O)cc1. The molecule has 0 aliphatic carbocycles. The van der Waals surface area contributed by atoms with E-state index in [-0.39, 0.29) is 31.6 Å². The maximum atomic E-state index is 13.8. The monoisotopic (exact) mass is 601 g/mol. The van der Waals surface area contributed by atoms with Gasteiger partial charge in [-0.15, -0.1) is 0 Å². The molecule has 11 heteroatoms. The smallest absolute Gasteiger partial charge is 0.245 e. The molecule has 0 bridgehead atoms. The highest BCUT2D eigenvalue weighted by molar-refractivity contribution is 5.95. The molecular formula is C33H39N5O6. The van der Waals surface area contributed by atoms with E-state index in [1.807, 2.05) is 60.7 Å². The van der Waals surface area contributed by atoms with Gasteiger partial charge in [0.15, 0.2) is 0 Å². The number of ether oxygens (including phenoxy) is 1. The van der Waals surface area contributed by atoms with Crippen LogP contribution in [0.15, 0.2) is 84.9 Å². The molecular weight excluding hydrogens is 562 g/mol. The average molecular weight is 602 g/mol. The number of hydrogen-bond donors (Lipinski definition) is 5. The summed E-state index contributed by atoms with van der Waals surface area (Å²) in [5, 5.41) is 15.1. The Morgan fingerprint density at radius 2 is 1.36 bits per heavy atom. The van der Waals surface area contributed by atoms with Crippen molar-refractivity contribution >= 4 is 23.6 Å². The Hall–Kier alpha value is -4.74. The Morgan fingerprint density at radius 1 is 0.841 bits per heavy atom. The summed E-state index contributed by atoms with van der Waals surface area (Å²) in [4.78, 5) is 54.6. The van der Waals surface area contributed by atoms with Crippen molar-refractivity contribution in [2.24, 2.45) is 11.5 Å². The first kappa shape index (κ1) is 32.2. The van der Waals surface area contributed by atoms with Gasteiger partial charge >= 0.3 is 0 Å². The molecule has 0 saturated carbocycles. The minimum atomic E-state index is -1.14. The average Bonchev–Trinajstić information content (AvgIpc) is 3.32. The zero-order valence-electron chi connectivity index (χ0n) is 24.8. The molecule has 4 rings (SSSR count). The normalized spacial score (nSPS) is 17.7. The van der Waals surface area contributed by atoms with Gasteiger partial charge in [0.25, 0.3) is 0 Å². The summed E-state index contributed by atoms with van der Waals surface area (Å²) in [5.41, 5.74) is 13.1. The van der Waals surface area contributed by atoms with Gasteiger partial charge in [0.2, 0.25) is 23.6 Å². The first-order chi connectivity index (χ1) is 20.9.